The lowest BCUT2D eigenvalue weighted by Crippen LogP contribution is -2.46. The summed E-state index contributed by atoms with van der Waals surface area (Å²) in [6.07, 6.45) is 7.82. The zero-order valence-electron chi connectivity index (χ0n) is 18.3. The van der Waals surface area contributed by atoms with Crippen molar-refractivity contribution in [2.45, 2.75) is 71.9 Å². The van der Waals surface area contributed by atoms with Gasteiger partial charge in [-0.25, -0.2) is 4.99 Å². The van der Waals surface area contributed by atoms with Crippen molar-refractivity contribution in [2.75, 3.05) is 32.7 Å². The fourth-order valence-corrected chi connectivity index (χ4v) is 4.42. The zero-order chi connectivity index (χ0) is 19.9. The summed E-state index contributed by atoms with van der Waals surface area (Å²) < 4.78 is 2.04. The van der Waals surface area contributed by atoms with Crippen molar-refractivity contribution in [3.8, 4) is 0 Å². The summed E-state index contributed by atoms with van der Waals surface area (Å²) in [5.41, 5.74) is 0. The number of guanidine groups is 1. The van der Waals surface area contributed by atoms with E-state index in [1.807, 2.05) is 18.5 Å². The van der Waals surface area contributed by atoms with Crippen LogP contribution in [0.15, 0.2) is 4.99 Å². The minimum Gasteiger partial charge on any atom is -0.353 e. The molecule has 0 bridgehead atoms. The topological polar surface area (TPSA) is 61.6 Å². The highest BCUT2D eigenvalue weighted by Gasteiger charge is 2.27. The van der Waals surface area contributed by atoms with Gasteiger partial charge in [0.15, 0.2) is 11.8 Å². The highest BCUT2D eigenvalue weighted by Crippen LogP contribution is 2.21. The van der Waals surface area contributed by atoms with Gasteiger partial charge in [-0.3, -0.25) is 0 Å². The Labute approximate surface area is 170 Å². The molecule has 0 radical (unpaired) electrons. The second-order valence-electron chi connectivity index (χ2n) is 8.43. The Morgan fingerprint density at radius 1 is 1.14 bits per heavy atom. The van der Waals surface area contributed by atoms with E-state index >= 15 is 0 Å². The molecule has 1 saturated carbocycles. The van der Waals surface area contributed by atoms with Gasteiger partial charge in [0.1, 0.15) is 12.4 Å². The Hall–Kier alpha value is -1.63. The number of hydrogen-bond donors (Lipinski definition) is 1. The van der Waals surface area contributed by atoms with E-state index in [1.165, 1.54) is 45.1 Å². The molecular formula is C21H39N7. The minimum absolute atomic E-state index is 0.565. The molecule has 0 aromatic carbocycles. The smallest absolute Gasteiger partial charge is 0.194 e. The largest absolute Gasteiger partial charge is 0.353 e. The fourth-order valence-electron chi connectivity index (χ4n) is 4.42. The first-order valence-electron chi connectivity index (χ1n) is 11.2. The van der Waals surface area contributed by atoms with Crippen molar-refractivity contribution in [3.05, 3.63) is 11.6 Å². The highest BCUT2D eigenvalue weighted by atomic mass is 15.3. The molecular weight excluding hydrogens is 350 g/mol. The lowest BCUT2D eigenvalue weighted by molar-refractivity contribution is 0.255. The van der Waals surface area contributed by atoms with Gasteiger partial charge in [-0.1, -0.05) is 33.1 Å². The molecule has 2 aliphatic rings. The Morgan fingerprint density at radius 3 is 2.54 bits per heavy atom. The van der Waals surface area contributed by atoms with E-state index in [1.54, 1.807) is 0 Å². The summed E-state index contributed by atoms with van der Waals surface area (Å²) in [4.78, 5) is 10.0. The minimum atomic E-state index is 0.565. The van der Waals surface area contributed by atoms with Crippen LogP contribution in [0, 0.1) is 12.8 Å². The first kappa shape index (κ1) is 21.1. The van der Waals surface area contributed by atoms with Gasteiger partial charge in [-0.15, -0.1) is 10.2 Å². The number of aryl methyl sites for hydroxylation is 1. The molecule has 1 unspecified atom stereocenters. The van der Waals surface area contributed by atoms with Gasteiger partial charge < -0.3 is 19.7 Å². The third-order valence-corrected chi connectivity index (χ3v) is 6.49. The predicted octanol–water partition coefficient (Wildman–Crippen LogP) is 2.57. The maximum Gasteiger partial charge on any atom is 0.194 e. The normalized spacial score (nSPS) is 21.7. The van der Waals surface area contributed by atoms with Gasteiger partial charge in [-0.05, 0) is 45.2 Å². The van der Waals surface area contributed by atoms with Crippen molar-refractivity contribution >= 4 is 5.96 Å². The number of likely N-dealkylation sites (tertiary alicyclic amines) is 1. The van der Waals surface area contributed by atoms with Crippen LogP contribution in [0.2, 0.25) is 0 Å². The van der Waals surface area contributed by atoms with Crippen LogP contribution in [-0.4, -0.2) is 69.3 Å². The predicted molar refractivity (Wildman–Crippen MR) is 114 cm³/mol. The third-order valence-electron chi connectivity index (χ3n) is 6.49. The highest BCUT2D eigenvalue weighted by molar-refractivity contribution is 5.80. The average Bonchev–Trinajstić information content (AvgIpc) is 3.31. The average molecular weight is 390 g/mol. The van der Waals surface area contributed by atoms with E-state index in [0.717, 1.165) is 49.7 Å². The Balaban J connectivity index is 1.67. The summed E-state index contributed by atoms with van der Waals surface area (Å²) in [5, 5.41) is 12.3. The standard InChI is InChI=1S/C21H39N7/c1-5-27(6-2)15-18-12-13-28(16-18)21(23-19-10-8-7-9-11-19)22-14-20-25-24-17(3)26(20)4/h18-19H,5-16H2,1-4H3,(H,22,23). The number of aromatic nitrogens is 3. The van der Waals surface area contributed by atoms with Crippen LogP contribution in [0.1, 0.15) is 64.0 Å². The molecule has 1 atom stereocenters. The third kappa shape index (κ3) is 5.46. The molecule has 2 heterocycles. The monoisotopic (exact) mass is 389 g/mol. The van der Waals surface area contributed by atoms with E-state index in [2.05, 4.69) is 39.2 Å². The lowest BCUT2D eigenvalue weighted by atomic mass is 9.96. The number of nitrogens with zero attached hydrogens (tertiary/aromatic N) is 6. The quantitative estimate of drug-likeness (QED) is 0.574. The summed E-state index contributed by atoms with van der Waals surface area (Å²) in [6, 6.07) is 0.565. The van der Waals surface area contributed by atoms with Gasteiger partial charge >= 0.3 is 0 Å². The number of rotatable bonds is 7. The van der Waals surface area contributed by atoms with Crippen LogP contribution in [0.5, 0.6) is 0 Å². The molecule has 2 fully saturated rings. The molecule has 1 N–H and O–H groups in total. The number of hydrogen-bond acceptors (Lipinski definition) is 4. The van der Waals surface area contributed by atoms with E-state index < -0.39 is 0 Å². The molecule has 1 aromatic heterocycles. The Bertz CT molecular complexity index is 629. The molecule has 1 aliphatic heterocycles. The van der Waals surface area contributed by atoms with Crippen LogP contribution < -0.4 is 5.32 Å². The van der Waals surface area contributed by atoms with Crippen LogP contribution in [-0.2, 0) is 13.6 Å². The fraction of sp³-hybridized carbons (Fsp3) is 0.857. The first-order chi connectivity index (χ1) is 13.6. The lowest BCUT2D eigenvalue weighted by Gasteiger charge is -2.29. The first-order valence-corrected chi connectivity index (χ1v) is 11.2. The van der Waals surface area contributed by atoms with E-state index in [0.29, 0.717) is 12.6 Å². The SMILES string of the molecule is CCN(CC)CC1CCN(C(=NCc2nnc(C)n2C)NC2CCCCC2)C1. The summed E-state index contributed by atoms with van der Waals surface area (Å²) >= 11 is 0. The van der Waals surface area contributed by atoms with Crippen LogP contribution in [0.4, 0.5) is 0 Å². The van der Waals surface area contributed by atoms with E-state index in [9.17, 15) is 0 Å². The number of aliphatic imine (C=N–C) groups is 1. The van der Waals surface area contributed by atoms with Crippen molar-refractivity contribution in [1.82, 2.24) is 29.9 Å². The molecule has 1 aliphatic carbocycles. The zero-order valence-corrected chi connectivity index (χ0v) is 18.3. The van der Waals surface area contributed by atoms with Gasteiger partial charge in [0.05, 0.1) is 0 Å². The molecule has 7 heteroatoms. The van der Waals surface area contributed by atoms with Crippen molar-refractivity contribution in [3.63, 3.8) is 0 Å². The van der Waals surface area contributed by atoms with Crippen molar-refractivity contribution < 1.29 is 0 Å². The van der Waals surface area contributed by atoms with Crippen molar-refractivity contribution in [1.29, 1.82) is 0 Å². The van der Waals surface area contributed by atoms with Crippen molar-refractivity contribution in [2.24, 2.45) is 18.0 Å². The second-order valence-corrected chi connectivity index (χ2v) is 8.43. The van der Waals surface area contributed by atoms with Gasteiger partial charge in [-0.2, -0.15) is 0 Å². The second kappa shape index (κ2) is 10.2. The van der Waals surface area contributed by atoms with E-state index in [4.69, 9.17) is 4.99 Å². The molecule has 1 aromatic rings. The maximum atomic E-state index is 4.99. The summed E-state index contributed by atoms with van der Waals surface area (Å²) in [7, 11) is 2.02. The molecule has 0 amide bonds. The Morgan fingerprint density at radius 2 is 1.89 bits per heavy atom. The van der Waals surface area contributed by atoms with E-state index in [-0.39, 0.29) is 0 Å². The summed E-state index contributed by atoms with van der Waals surface area (Å²) in [5.74, 6) is 3.68. The molecule has 1 saturated heterocycles. The van der Waals surface area contributed by atoms with Crippen LogP contribution in [0.3, 0.4) is 0 Å². The maximum absolute atomic E-state index is 4.99. The molecule has 0 spiro atoms. The van der Waals surface area contributed by atoms with Gasteiger partial charge in [0, 0.05) is 32.7 Å². The molecule has 7 nitrogen and oxygen atoms in total. The van der Waals surface area contributed by atoms with Crippen LogP contribution >= 0.6 is 0 Å². The number of nitrogens with one attached hydrogen (secondary N) is 1. The summed E-state index contributed by atoms with van der Waals surface area (Å²) in [6.45, 7) is 12.8. The van der Waals surface area contributed by atoms with Gasteiger partial charge in [0.2, 0.25) is 0 Å². The molecule has 28 heavy (non-hydrogen) atoms. The molecule has 3 rings (SSSR count). The van der Waals surface area contributed by atoms with Gasteiger partial charge in [0.25, 0.3) is 0 Å². The van der Waals surface area contributed by atoms with Crippen LogP contribution in [0.25, 0.3) is 0 Å². The molecule has 158 valence electrons. The Kier molecular flexibility index (Phi) is 7.71.